The van der Waals surface area contributed by atoms with Crippen LogP contribution in [-0.4, -0.2) is 60.6 Å². The van der Waals surface area contributed by atoms with E-state index in [2.05, 4.69) is 15.4 Å². The van der Waals surface area contributed by atoms with Crippen LogP contribution in [0.15, 0.2) is 24.3 Å². The van der Waals surface area contributed by atoms with Gasteiger partial charge < -0.3 is 19.7 Å². The van der Waals surface area contributed by atoms with Crippen LogP contribution in [0.1, 0.15) is 30.6 Å². The minimum atomic E-state index is -0.832. The topological polar surface area (TPSA) is 97.0 Å². The first-order valence-electron chi connectivity index (χ1n) is 9.01. The molecule has 2 N–H and O–H groups in total. The van der Waals surface area contributed by atoms with Gasteiger partial charge in [-0.1, -0.05) is 26.0 Å². The monoisotopic (exact) mass is 407 g/mol. The van der Waals surface area contributed by atoms with Gasteiger partial charge in [-0.3, -0.25) is 19.7 Å². The first-order valence-corrected chi connectivity index (χ1v) is 9.42. The Morgan fingerprint density at radius 1 is 1.36 bits per heavy atom. The number of piperazine rings is 1. The Hall–Kier alpha value is -2.68. The van der Waals surface area contributed by atoms with E-state index >= 15 is 0 Å². The van der Waals surface area contributed by atoms with Gasteiger partial charge in [0.25, 0.3) is 5.91 Å². The van der Waals surface area contributed by atoms with E-state index in [1.54, 1.807) is 24.3 Å². The van der Waals surface area contributed by atoms with Crippen molar-refractivity contribution in [1.82, 2.24) is 15.5 Å². The molecule has 1 aliphatic rings. The second kappa shape index (κ2) is 10.0. The standard InChI is InChI=1S/C19H25N3O5S/c1-12(2)11-27-15-7-5-4-6-13(15)17(24)21-19(28)22-9-8-20-18(25)14(22)10-16(23)26-3/h4-7,12,14H,8-11H2,1-3H3,(H,20,25)(H,21,24,28). The minimum absolute atomic E-state index is 0.0763. The average molecular weight is 407 g/mol. The lowest BCUT2D eigenvalue weighted by Crippen LogP contribution is -2.60. The number of amides is 2. The summed E-state index contributed by atoms with van der Waals surface area (Å²) in [7, 11) is 1.25. The average Bonchev–Trinajstić information content (AvgIpc) is 2.67. The van der Waals surface area contributed by atoms with Crippen molar-refractivity contribution in [2.24, 2.45) is 5.92 Å². The maximum absolute atomic E-state index is 12.7. The van der Waals surface area contributed by atoms with Crippen molar-refractivity contribution < 1.29 is 23.9 Å². The number of carbonyl (C=O) groups is 3. The molecule has 2 rings (SSSR count). The molecule has 0 aromatic heterocycles. The smallest absolute Gasteiger partial charge is 0.308 e. The predicted molar refractivity (Wildman–Crippen MR) is 107 cm³/mol. The van der Waals surface area contributed by atoms with E-state index in [1.807, 2.05) is 13.8 Å². The fraction of sp³-hybridized carbons (Fsp3) is 0.474. The van der Waals surface area contributed by atoms with Crippen molar-refractivity contribution in [1.29, 1.82) is 0 Å². The molecule has 9 heteroatoms. The Labute approximate surface area is 169 Å². The van der Waals surface area contributed by atoms with Crippen LogP contribution in [0.2, 0.25) is 0 Å². The van der Waals surface area contributed by atoms with Gasteiger partial charge in [0.1, 0.15) is 11.8 Å². The number of rotatable bonds is 6. The van der Waals surface area contributed by atoms with Gasteiger partial charge >= 0.3 is 5.97 Å². The SMILES string of the molecule is COC(=O)CC1C(=O)NCCN1C(=S)NC(=O)c1ccccc1OCC(C)C. The number of esters is 1. The molecule has 1 saturated heterocycles. The first kappa shape index (κ1) is 21.6. The molecule has 0 spiro atoms. The maximum atomic E-state index is 12.7. The van der Waals surface area contributed by atoms with E-state index in [9.17, 15) is 14.4 Å². The molecule has 1 atom stereocenters. The number of carbonyl (C=O) groups excluding carboxylic acids is 3. The normalized spacial score (nSPS) is 16.4. The molecule has 0 radical (unpaired) electrons. The number of thiocarbonyl (C=S) groups is 1. The van der Waals surface area contributed by atoms with Gasteiger partial charge in [0.05, 0.1) is 25.7 Å². The quantitative estimate of drug-likeness (QED) is 0.538. The Kier molecular flexibility index (Phi) is 7.74. The zero-order valence-electron chi connectivity index (χ0n) is 16.2. The van der Waals surface area contributed by atoms with E-state index in [0.717, 1.165) is 0 Å². The maximum Gasteiger partial charge on any atom is 0.308 e. The number of nitrogens with zero attached hydrogens (tertiary/aromatic N) is 1. The molecule has 1 unspecified atom stereocenters. The Bertz CT molecular complexity index is 753. The number of benzene rings is 1. The van der Waals surface area contributed by atoms with Crippen LogP contribution in [0.4, 0.5) is 0 Å². The number of nitrogens with one attached hydrogen (secondary N) is 2. The summed E-state index contributed by atoms with van der Waals surface area (Å²) in [6, 6.07) is 6.04. The van der Waals surface area contributed by atoms with Crippen LogP contribution in [0, 0.1) is 5.92 Å². The summed E-state index contributed by atoms with van der Waals surface area (Å²) in [5.41, 5.74) is 0.344. The lowest BCUT2D eigenvalue weighted by Gasteiger charge is -2.36. The highest BCUT2D eigenvalue weighted by atomic mass is 32.1. The zero-order valence-corrected chi connectivity index (χ0v) is 17.0. The van der Waals surface area contributed by atoms with Gasteiger partial charge in [-0.05, 0) is 30.3 Å². The summed E-state index contributed by atoms with van der Waals surface area (Å²) in [6.45, 7) is 5.24. The van der Waals surface area contributed by atoms with E-state index < -0.39 is 17.9 Å². The van der Waals surface area contributed by atoms with E-state index in [1.165, 1.54) is 12.0 Å². The highest BCUT2D eigenvalue weighted by Gasteiger charge is 2.34. The van der Waals surface area contributed by atoms with Gasteiger partial charge in [-0.15, -0.1) is 0 Å². The summed E-state index contributed by atoms with van der Waals surface area (Å²) in [6.07, 6.45) is -0.160. The van der Waals surface area contributed by atoms with Crippen LogP contribution in [0.25, 0.3) is 0 Å². The van der Waals surface area contributed by atoms with E-state index in [4.69, 9.17) is 17.0 Å². The number of hydrogen-bond acceptors (Lipinski definition) is 6. The molecule has 1 fully saturated rings. The Morgan fingerprint density at radius 2 is 2.07 bits per heavy atom. The molecular formula is C19H25N3O5S. The van der Waals surface area contributed by atoms with E-state index in [0.29, 0.717) is 36.9 Å². The summed E-state index contributed by atoms with van der Waals surface area (Å²) >= 11 is 5.34. The van der Waals surface area contributed by atoms with Crippen molar-refractivity contribution in [3.8, 4) is 5.75 Å². The summed E-state index contributed by atoms with van der Waals surface area (Å²) in [4.78, 5) is 38.1. The Morgan fingerprint density at radius 3 is 2.75 bits per heavy atom. The van der Waals surface area contributed by atoms with Gasteiger partial charge in [0.15, 0.2) is 5.11 Å². The molecule has 1 aromatic carbocycles. The molecule has 28 heavy (non-hydrogen) atoms. The molecule has 1 heterocycles. The number of ether oxygens (including phenoxy) is 2. The molecule has 1 aromatic rings. The zero-order chi connectivity index (χ0) is 20.7. The lowest BCUT2D eigenvalue weighted by molar-refractivity contribution is -0.144. The molecule has 152 valence electrons. The molecule has 0 bridgehead atoms. The number of methoxy groups -OCH3 is 1. The highest BCUT2D eigenvalue weighted by Crippen LogP contribution is 2.19. The fourth-order valence-corrected chi connectivity index (χ4v) is 2.99. The third-order valence-electron chi connectivity index (χ3n) is 4.10. The molecule has 1 aliphatic heterocycles. The van der Waals surface area contributed by atoms with Crippen LogP contribution >= 0.6 is 12.2 Å². The fourth-order valence-electron chi connectivity index (χ4n) is 2.67. The number of para-hydroxylation sites is 1. The van der Waals surface area contributed by atoms with Crippen molar-refractivity contribution in [2.45, 2.75) is 26.3 Å². The molecule has 2 amide bonds. The van der Waals surface area contributed by atoms with Gasteiger partial charge in [0.2, 0.25) is 5.91 Å². The third kappa shape index (κ3) is 5.66. The van der Waals surface area contributed by atoms with Crippen LogP contribution in [-0.2, 0) is 14.3 Å². The van der Waals surface area contributed by atoms with Crippen molar-refractivity contribution in [3.63, 3.8) is 0 Å². The molecule has 8 nitrogen and oxygen atoms in total. The second-order valence-corrected chi connectivity index (χ2v) is 7.13. The van der Waals surface area contributed by atoms with Crippen molar-refractivity contribution in [2.75, 3.05) is 26.8 Å². The van der Waals surface area contributed by atoms with Gasteiger partial charge in [-0.25, -0.2) is 0 Å². The van der Waals surface area contributed by atoms with Crippen molar-refractivity contribution >= 4 is 35.1 Å². The van der Waals surface area contributed by atoms with Crippen LogP contribution in [0.5, 0.6) is 5.75 Å². The first-order chi connectivity index (χ1) is 13.3. The minimum Gasteiger partial charge on any atom is -0.492 e. The predicted octanol–water partition coefficient (Wildman–Crippen LogP) is 1.10. The highest BCUT2D eigenvalue weighted by molar-refractivity contribution is 7.80. The van der Waals surface area contributed by atoms with Gasteiger partial charge in [-0.2, -0.15) is 0 Å². The van der Waals surface area contributed by atoms with Crippen LogP contribution < -0.4 is 15.4 Å². The molecule has 0 aliphatic carbocycles. The van der Waals surface area contributed by atoms with Crippen molar-refractivity contribution in [3.05, 3.63) is 29.8 Å². The molecular weight excluding hydrogens is 382 g/mol. The van der Waals surface area contributed by atoms with Gasteiger partial charge in [0, 0.05) is 13.1 Å². The second-order valence-electron chi connectivity index (χ2n) is 6.74. The lowest BCUT2D eigenvalue weighted by atomic mass is 10.1. The molecule has 0 saturated carbocycles. The third-order valence-corrected chi connectivity index (χ3v) is 4.44. The number of hydrogen-bond donors (Lipinski definition) is 2. The van der Waals surface area contributed by atoms with Crippen LogP contribution in [0.3, 0.4) is 0 Å². The summed E-state index contributed by atoms with van der Waals surface area (Å²) in [5, 5.41) is 5.41. The van der Waals surface area contributed by atoms with E-state index in [-0.39, 0.29) is 17.4 Å². The largest absolute Gasteiger partial charge is 0.492 e. The summed E-state index contributed by atoms with van der Waals surface area (Å²) in [5.74, 6) is -0.545. The summed E-state index contributed by atoms with van der Waals surface area (Å²) < 4.78 is 10.4. The Balaban J connectivity index is 2.11.